The fraction of sp³-hybridized carbons (Fsp3) is 0.917. The molecule has 0 aromatic rings. The molecule has 1 aliphatic rings. The van der Waals surface area contributed by atoms with E-state index in [2.05, 4.69) is 25.7 Å². The summed E-state index contributed by atoms with van der Waals surface area (Å²) in [5.74, 6) is 0.849. The Balaban J connectivity index is 2.22. The molecule has 1 rings (SSSR count). The minimum absolute atomic E-state index is 0.456. The maximum atomic E-state index is 5.49. The molecular formula is C12H24N2S. The normalized spacial score (nSPS) is 23.3. The minimum atomic E-state index is 0.456. The van der Waals surface area contributed by atoms with Crippen LogP contribution < -0.4 is 5.73 Å². The zero-order valence-corrected chi connectivity index (χ0v) is 11.1. The molecule has 1 unspecified atom stereocenters. The lowest BCUT2D eigenvalue weighted by atomic mass is 9.80. The zero-order chi connectivity index (χ0) is 11.5. The Bertz CT molecular complexity index is 220. The number of nitrogens with two attached hydrogens (primary N) is 1. The number of hydrogen-bond donors (Lipinski definition) is 1. The lowest BCUT2D eigenvalue weighted by Gasteiger charge is -2.27. The van der Waals surface area contributed by atoms with Gasteiger partial charge in [0.25, 0.3) is 0 Å². The van der Waals surface area contributed by atoms with Gasteiger partial charge < -0.3 is 10.6 Å². The molecule has 15 heavy (non-hydrogen) atoms. The lowest BCUT2D eigenvalue weighted by molar-refractivity contribution is 0.229. The fourth-order valence-electron chi connectivity index (χ4n) is 2.22. The Kier molecular flexibility index (Phi) is 4.53. The molecule has 1 saturated heterocycles. The van der Waals surface area contributed by atoms with Crippen molar-refractivity contribution in [2.45, 2.75) is 40.0 Å². The Morgan fingerprint density at radius 2 is 2.13 bits per heavy atom. The van der Waals surface area contributed by atoms with Crippen LogP contribution in [0.25, 0.3) is 0 Å². The van der Waals surface area contributed by atoms with Crippen molar-refractivity contribution in [2.24, 2.45) is 17.1 Å². The van der Waals surface area contributed by atoms with Crippen molar-refractivity contribution < 1.29 is 0 Å². The van der Waals surface area contributed by atoms with Crippen LogP contribution in [0.5, 0.6) is 0 Å². The number of thiocarbonyl (C=S) groups is 1. The highest BCUT2D eigenvalue weighted by atomic mass is 32.1. The number of nitrogens with zero attached hydrogens (tertiary/aromatic N) is 1. The van der Waals surface area contributed by atoms with Gasteiger partial charge in [-0.1, -0.05) is 33.0 Å². The van der Waals surface area contributed by atoms with Gasteiger partial charge in [-0.25, -0.2) is 0 Å². The molecule has 1 heterocycles. The average Bonchev–Trinajstić information content (AvgIpc) is 2.51. The molecule has 0 spiro atoms. The van der Waals surface area contributed by atoms with Crippen molar-refractivity contribution in [3.63, 3.8) is 0 Å². The first-order chi connectivity index (χ1) is 6.89. The smallest absolute Gasteiger partial charge is 0.0727 e. The standard InChI is InChI=1S/C12H24N2S/c1-12(2,3)10-6-8-14(9-10)7-4-5-11(13)15/h10H,4-9H2,1-3H3,(H2,13,15). The maximum Gasteiger partial charge on any atom is 0.0727 e. The van der Waals surface area contributed by atoms with Gasteiger partial charge in [0.2, 0.25) is 0 Å². The summed E-state index contributed by atoms with van der Waals surface area (Å²) in [5, 5.41) is 0. The molecule has 0 saturated carbocycles. The van der Waals surface area contributed by atoms with Crippen LogP contribution in [0.1, 0.15) is 40.0 Å². The van der Waals surface area contributed by atoms with E-state index in [1.807, 2.05) is 0 Å². The molecule has 1 aliphatic heterocycles. The summed E-state index contributed by atoms with van der Waals surface area (Å²) in [7, 11) is 0. The average molecular weight is 228 g/mol. The quantitative estimate of drug-likeness (QED) is 0.749. The van der Waals surface area contributed by atoms with E-state index in [9.17, 15) is 0 Å². The zero-order valence-electron chi connectivity index (χ0n) is 10.3. The molecule has 0 aromatic heterocycles. The number of rotatable bonds is 4. The maximum absolute atomic E-state index is 5.49. The SMILES string of the molecule is CC(C)(C)C1CCN(CCCC(N)=S)C1. The molecule has 0 aliphatic carbocycles. The van der Waals surface area contributed by atoms with Crippen molar-refractivity contribution >= 4 is 17.2 Å². The van der Waals surface area contributed by atoms with Crippen LogP contribution in [0.2, 0.25) is 0 Å². The third-order valence-corrected chi connectivity index (χ3v) is 3.60. The van der Waals surface area contributed by atoms with E-state index >= 15 is 0 Å². The van der Waals surface area contributed by atoms with Gasteiger partial charge >= 0.3 is 0 Å². The first-order valence-corrected chi connectivity index (χ1v) is 6.31. The fourth-order valence-corrected chi connectivity index (χ4v) is 2.36. The van der Waals surface area contributed by atoms with Crippen LogP contribution in [0, 0.1) is 11.3 Å². The van der Waals surface area contributed by atoms with E-state index < -0.39 is 0 Å². The van der Waals surface area contributed by atoms with E-state index in [0.29, 0.717) is 10.4 Å². The van der Waals surface area contributed by atoms with Crippen LogP contribution in [0.3, 0.4) is 0 Å². The molecule has 1 fully saturated rings. The Labute approximate surface area is 99.2 Å². The van der Waals surface area contributed by atoms with Crippen LogP contribution in [-0.2, 0) is 0 Å². The molecule has 0 amide bonds. The highest BCUT2D eigenvalue weighted by Gasteiger charge is 2.31. The largest absolute Gasteiger partial charge is 0.393 e. The molecule has 0 aromatic carbocycles. The molecular weight excluding hydrogens is 204 g/mol. The summed E-state index contributed by atoms with van der Waals surface area (Å²) in [4.78, 5) is 3.20. The van der Waals surface area contributed by atoms with E-state index in [4.69, 9.17) is 18.0 Å². The van der Waals surface area contributed by atoms with Gasteiger partial charge in [-0.05, 0) is 43.7 Å². The molecule has 2 nitrogen and oxygen atoms in total. The summed E-state index contributed by atoms with van der Waals surface area (Å²) in [6, 6.07) is 0. The van der Waals surface area contributed by atoms with Crippen LogP contribution in [-0.4, -0.2) is 29.5 Å². The molecule has 88 valence electrons. The second-order valence-electron chi connectivity index (χ2n) is 5.72. The second-order valence-corrected chi connectivity index (χ2v) is 6.25. The highest BCUT2D eigenvalue weighted by molar-refractivity contribution is 7.80. The molecule has 0 bridgehead atoms. The van der Waals surface area contributed by atoms with Crippen molar-refractivity contribution in [1.29, 1.82) is 0 Å². The van der Waals surface area contributed by atoms with Crippen molar-refractivity contribution in [1.82, 2.24) is 4.90 Å². The lowest BCUT2D eigenvalue weighted by Crippen LogP contribution is -2.27. The van der Waals surface area contributed by atoms with E-state index in [-0.39, 0.29) is 0 Å². The topological polar surface area (TPSA) is 29.3 Å². The van der Waals surface area contributed by atoms with Crippen LogP contribution >= 0.6 is 12.2 Å². The Hall–Kier alpha value is -0.150. The molecule has 2 N–H and O–H groups in total. The van der Waals surface area contributed by atoms with Gasteiger partial charge in [0.1, 0.15) is 0 Å². The summed E-state index contributed by atoms with van der Waals surface area (Å²) in [5.41, 5.74) is 5.94. The Morgan fingerprint density at radius 1 is 1.47 bits per heavy atom. The van der Waals surface area contributed by atoms with Crippen LogP contribution in [0.15, 0.2) is 0 Å². The minimum Gasteiger partial charge on any atom is -0.393 e. The van der Waals surface area contributed by atoms with Gasteiger partial charge in [0, 0.05) is 6.54 Å². The summed E-state index contributed by atoms with van der Waals surface area (Å²) in [6.45, 7) is 10.7. The predicted octanol–water partition coefficient (Wildman–Crippen LogP) is 2.42. The van der Waals surface area contributed by atoms with E-state index in [1.54, 1.807) is 0 Å². The van der Waals surface area contributed by atoms with E-state index in [0.717, 1.165) is 25.3 Å². The predicted molar refractivity (Wildman–Crippen MR) is 70.0 cm³/mol. The van der Waals surface area contributed by atoms with Crippen molar-refractivity contribution in [3.05, 3.63) is 0 Å². The summed E-state index contributed by atoms with van der Waals surface area (Å²) >= 11 is 4.88. The van der Waals surface area contributed by atoms with Gasteiger partial charge in [-0.3, -0.25) is 0 Å². The third-order valence-electron chi connectivity index (χ3n) is 3.39. The number of likely N-dealkylation sites (tertiary alicyclic amines) is 1. The van der Waals surface area contributed by atoms with Crippen LogP contribution in [0.4, 0.5) is 0 Å². The first kappa shape index (κ1) is 12.9. The number of hydrogen-bond acceptors (Lipinski definition) is 2. The van der Waals surface area contributed by atoms with Gasteiger partial charge in [0.05, 0.1) is 4.99 Å². The highest BCUT2D eigenvalue weighted by Crippen LogP contribution is 2.33. The second kappa shape index (κ2) is 5.26. The van der Waals surface area contributed by atoms with Crippen molar-refractivity contribution in [3.8, 4) is 0 Å². The summed E-state index contributed by atoms with van der Waals surface area (Å²) in [6.07, 6.45) is 3.36. The Morgan fingerprint density at radius 3 is 2.60 bits per heavy atom. The van der Waals surface area contributed by atoms with Gasteiger partial charge in [0.15, 0.2) is 0 Å². The first-order valence-electron chi connectivity index (χ1n) is 5.90. The van der Waals surface area contributed by atoms with Crippen molar-refractivity contribution in [2.75, 3.05) is 19.6 Å². The monoisotopic (exact) mass is 228 g/mol. The molecule has 0 radical (unpaired) electrons. The third kappa shape index (κ3) is 4.47. The van der Waals surface area contributed by atoms with E-state index in [1.165, 1.54) is 19.5 Å². The molecule has 3 heteroatoms. The van der Waals surface area contributed by atoms with Gasteiger partial charge in [-0.15, -0.1) is 0 Å². The molecule has 1 atom stereocenters. The van der Waals surface area contributed by atoms with Gasteiger partial charge in [-0.2, -0.15) is 0 Å². The summed E-state index contributed by atoms with van der Waals surface area (Å²) < 4.78 is 0.